The predicted molar refractivity (Wildman–Crippen MR) is 92.6 cm³/mol. The van der Waals surface area contributed by atoms with Crippen molar-refractivity contribution in [3.05, 3.63) is 59.7 Å². The Morgan fingerprint density at radius 3 is 2.58 bits per heavy atom. The smallest absolute Gasteiger partial charge is 0.243 e. The minimum absolute atomic E-state index is 0.00922. The van der Waals surface area contributed by atoms with E-state index in [2.05, 4.69) is 22.7 Å². The summed E-state index contributed by atoms with van der Waals surface area (Å²) in [6.45, 7) is 0. The largest absolute Gasteiger partial charge is 0.493 e. The topological polar surface area (TPSA) is 59.9 Å². The minimum Gasteiger partial charge on any atom is -0.493 e. The summed E-state index contributed by atoms with van der Waals surface area (Å²) >= 11 is 0. The quantitative estimate of drug-likeness (QED) is 0.656. The van der Waals surface area contributed by atoms with Crippen molar-refractivity contribution in [1.82, 2.24) is 5.43 Å². The molecule has 1 fully saturated rings. The van der Waals surface area contributed by atoms with Crippen LogP contribution in [0.3, 0.4) is 0 Å². The molecule has 0 radical (unpaired) electrons. The fourth-order valence-corrected chi connectivity index (χ4v) is 2.74. The number of rotatable bonds is 6. The molecule has 1 aliphatic rings. The summed E-state index contributed by atoms with van der Waals surface area (Å²) in [7, 11) is 3.17. The van der Waals surface area contributed by atoms with Gasteiger partial charge in [0, 0.05) is 5.92 Å². The second-order valence-corrected chi connectivity index (χ2v) is 5.71. The minimum atomic E-state index is -0.0411. The molecule has 1 amide bonds. The molecule has 1 saturated carbocycles. The van der Waals surface area contributed by atoms with Crippen molar-refractivity contribution >= 4 is 12.1 Å². The van der Waals surface area contributed by atoms with E-state index in [1.54, 1.807) is 32.6 Å². The van der Waals surface area contributed by atoms with Crippen molar-refractivity contribution in [2.75, 3.05) is 14.2 Å². The summed E-state index contributed by atoms with van der Waals surface area (Å²) in [6.07, 6.45) is 2.47. The summed E-state index contributed by atoms with van der Waals surface area (Å²) in [6, 6.07) is 15.5. The second kappa shape index (κ2) is 7.17. The average molecular weight is 324 g/mol. The molecule has 124 valence electrons. The Balaban J connectivity index is 1.56. The van der Waals surface area contributed by atoms with Crippen LogP contribution in [0.2, 0.25) is 0 Å². The van der Waals surface area contributed by atoms with Gasteiger partial charge in [0.15, 0.2) is 11.5 Å². The third kappa shape index (κ3) is 3.56. The van der Waals surface area contributed by atoms with Crippen LogP contribution in [0.5, 0.6) is 11.5 Å². The second-order valence-electron chi connectivity index (χ2n) is 5.71. The molecule has 3 rings (SSSR count). The van der Waals surface area contributed by atoms with Crippen LogP contribution in [-0.2, 0) is 4.79 Å². The van der Waals surface area contributed by atoms with E-state index in [-0.39, 0.29) is 11.8 Å². The summed E-state index contributed by atoms with van der Waals surface area (Å²) in [5.74, 6) is 1.56. The van der Waals surface area contributed by atoms with Gasteiger partial charge in [0.05, 0.1) is 20.4 Å². The molecule has 0 spiro atoms. The number of hydrogen-bond donors (Lipinski definition) is 1. The first kappa shape index (κ1) is 16.1. The van der Waals surface area contributed by atoms with E-state index in [1.165, 1.54) is 5.56 Å². The van der Waals surface area contributed by atoms with Gasteiger partial charge in [0.1, 0.15) is 0 Å². The van der Waals surface area contributed by atoms with Gasteiger partial charge in [-0.05, 0) is 41.7 Å². The molecule has 0 aromatic heterocycles. The van der Waals surface area contributed by atoms with Gasteiger partial charge in [-0.15, -0.1) is 0 Å². The van der Waals surface area contributed by atoms with Gasteiger partial charge in [-0.1, -0.05) is 30.3 Å². The number of nitrogens with one attached hydrogen (secondary N) is 1. The van der Waals surface area contributed by atoms with Gasteiger partial charge in [-0.2, -0.15) is 5.10 Å². The van der Waals surface area contributed by atoms with Crippen molar-refractivity contribution in [1.29, 1.82) is 0 Å². The highest BCUT2D eigenvalue weighted by atomic mass is 16.5. The molecule has 1 N–H and O–H groups in total. The maximum Gasteiger partial charge on any atom is 0.243 e. The standard InChI is InChI=1S/C19H20N2O3/c1-23-17-9-8-13(10-18(17)24-2)12-20-21-19(22)16-11-15(16)14-6-4-3-5-7-14/h3-10,12,15-16H,11H2,1-2H3,(H,21,22)/b20-12-/t15-,16+/m1/s1. The molecule has 2 aromatic rings. The Hall–Kier alpha value is -2.82. The number of hydrazone groups is 1. The highest BCUT2D eigenvalue weighted by molar-refractivity contribution is 5.86. The maximum atomic E-state index is 12.1. The average Bonchev–Trinajstić information content (AvgIpc) is 3.43. The number of benzene rings is 2. The predicted octanol–water partition coefficient (Wildman–Crippen LogP) is 2.96. The Morgan fingerprint density at radius 2 is 1.88 bits per heavy atom. The number of nitrogens with zero attached hydrogens (tertiary/aromatic N) is 1. The molecule has 2 aromatic carbocycles. The number of carbonyl (C=O) groups is 1. The highest BCUT2D eigenvalue weighted by Crippen LogP contribution is 2.47. The van der Waals surface area contributed by atoms with Gasteiger partial charge in [0.2, 0.25) is 5.91 Å². The van der Waals surface area contributed by atoms with Crippen molar-refractivity contribution in [3.63, 3.8) is 0 Å². The lowest BCUT2D eigenvalue weighted by molar-refractivity contribution is -0.122. The normalized spacial score (nSPS) is 19.1. The van der Waals surface area contributed by atoms with Gasteiger partial charge >= 0.3 is 0 Å². The van der Waals surface area contributed by atoms with Crippen LogP contribution in [-0.4, -0.2) is 26.3 Å². The molecule has 2 atom stereocenters. The van der Waals surface area contributed by atoms with E-state index in [0.717, 1.165) is 12.0 Å². The van der Waals surface area contributed by atoms with Gasteiger partial charge in [-0.25, -0.2) is 5.43 Å². The molecule has 5 nitrogen and oxygen atoms in total. The first-order chi connectivity index (χ1) is 11.7. The number of amides is 1. The fourth-order valence-electron chi connectivity index (χ4n) is 2.74. The van der Waals surface area contributed by atoms with E-state index >= 15 is 0 Å². The molecule has 0 heterocycles. The first-order valence-electron chi connectivity index (χ1n) is 7.83. The van der Waals surface area contributed by atoms with Crippen molar-refractivity contribution in [2.45, 2.75) is 12.3 Å². The van der Waals surface area contributed by atoms with Gasteiger partial charge < -0.3 is 9.47 Å². The number of ether oxygens (including phenoxy) is 2. The number of carbonyl (C=O) groups excluding carboxylic acids is 1. The molecule has 0 saturated heterocycles. The monoisotopic (exact) mass is 324 g/mol. The van der Waals surface area contributed by atoms with E-state index in [9.17, 15) is 4.79 Å². The van der Waals surface area contributed by atoms with Crippen molar-refractivity contribution < 1.29 is 14.3 Å². The van der Waals surface area contributed by atoms with E-state index in [4.69, 9.17) is 9.47 Å². The molecule has 24 heavy (non-hydrogen) atoms. The summed E-state index contributed by atoms with van der Waals surface area (Å²) < 4.78 is 10.4. The maximum absolute atomic E-state index is 12.1. The zero-order valence-electron chi connectivity index (χ0n) is 13.7. The van der Waals surface area contributed by atoms with Crippen LogP contribution < -0.4 is 14.9 Å². The van der Waals surface area contributed by atoms with E-state index in [1.807, 2.05) is 24.3 Å². The lowest BCUT2D eigenvalue weighted by Crippen LogP contribution is -2.20. The Kier molecular flexibility index (Phi) is 4.79. The third-order valence-corrected chi connectivity index (χ3v) is 4.15. The molecule has 0 bridgehead atoms. The Bertz CT molecular complexity index is 744. The number of methoxy groups -OCH3 is 2. The molecule has 1 aliphatic carbocycles. The lowest BCUT2D eigenvalue weighted by atomic mass is 10.1. The Morgan fingerprint density at radius 1 is 1.12 bits per heavy atom. The zero-order valence-corrected chi connectivity index (χ0v) is 13.7. The van der Waals surface area contributed by atoms with Crippen LogP contribution in [0, 0.1) is 5.92 Å². The summed E-state index contributed by atoms with van der Waals surface area (Å²) in [5, 5.41) is 4.04. The Labute approximate surface area is 141 Å². The van der Waals surface area contributed by atoms with Crippen LogP contribution in [0.25, 0.3) is 0 Å². The van der Waals surface area contributed by atoms with Crippen LogP contribution in [0.4, 0.5) is 0 Å². The zero-order chi connectivity index (χ0) is 16.9. The molecule has 5 heteroatoms. The van der Waals surface area contributed by atoms with Gasteiger partial charge in [0.25, 0.3) is 0 Å². The molecule has 0 unspecified atom stereocenters. The lowest BCUT2D eigenvalue weighted by Gasteiger charge is -2.07. The van der Waals surface area contributed by atoms with Gasteiger partial charge in [-0.3, -0.25) is 4.79 Å². The molecular formula is C19H20N2O3. The molecule has 0 aliphatic heterocycles. The van der Waals surface area contributed by atoms with Crippen molar-refractivity contribution in [3.8, 4) is 11.5 Å². The first-order valence-corrected chi connectivity index (χ1v) is 7.83. The van der Waals surface area contributed by atoms with Crippen molar-refractivity contribution in [2.24, 2.45) is 11.0 Å². The van der Waals surface area contributed by atoms with E-state index in [0.29, 0.717) is 17.4 Å². The molecular weight excluding hydrogens is 304 g/mol. The SMILES string of the molecule is COc1ccc(/C=N\NC(=O)[C@H]2C[C@@H]2c2ccccc2)cc1OC. The number of hydrogen-bond acceptors (Lipinski definition) is 4. The third-order valence-electron chi connectivity index (χ3n) is 4.15. The van der Waals surface area contributed by atoms with Crippen LogP contribution in [0.15, 0.2) is 53.6 Å². The summed E-state index contributed by atoms with van der Waals surface area (Å²) in [4.78, 5) is 12.1. The summed E-state index contributed by atoms with van der Waals surface area (Å²) in [5.41, 5.74) is 4.65. The van der Waals surface area contributed by atoms with E-state index < -0.39 is 0 Å². The van der Waals surface area contributed by atoms with Crippen LogP contribution >= 0.6 is 0 Å². The highest BCUT2D eigenvalue weighted by Gasteiger charge is 2.43. The fraction of sp³-hybridized carbons (Fsp3) is 0.263. The van der Waals surface area contributed by atoms with Crippen LogP contribution in [0.1, 0.15) is 23.5 Å².